The number of rotatable bonds is 5. The number of benzene rings is 1. The van der Waals surface area contributed by atoms with Crippen molar-refractivity contribution in [2.45, 2.75) is 26.2 Å². The third-order valence-electron chi connectivity index (χ3n) is 3.38. The van der Waals surface area contributed by atoms with E-state index < -0.39 is 0 Å². The van der Waals surface area contributed by atoms with Gasteiger partial charge in [0.25, 0.3) is 5.91 Å². The summed E-state index contributed by atoms with van der Waals surface area (Å²) in [7, 11) is 0. The smallest absolute Gasteiger partial charge is 0.253 e. The molecule has 0 spiro atoms. The highest BCUT2D eigenvalue weighted by molar-refractivity contribution is 5.94. The van der Waals surface area contributed by atoms with Crippen LogP contribution in [0.4, 0.5) is 0 Å². The Morgan fingerprint density at radius 3 is 2.90 bits per heavy atom. The molecule has 0 radical (unpaired) electrons. The first-order chi connectivity index (χ1) is 9.74. The predicted octanol–water partition coefficient (Wildman–Crippen LogP) is 2.29. The van der Waals surface area contributed by atoms with Crippen molar-refractivity contribution in [3.8, 4) is 11.8 Å². The lowest BCUT2D eigenvalue weighted by molar-refractivity contribution is 0.0747. The SMILES string of the molecule is CCCN(CC1CC1)C(=O)c1cccc(C#CCO)c1. The average Bonchev–Trinajstić information content (AvgIpc) is 3.28. The standard InChI is InChI=1S/C17H21NO2/c1-2-10-18(13-15-8-9-15)17(20)16-7-3-5-14(12-16)6-4-11-19/h3,5,7,12,15,19H,2,8-11,13H2,1H3. The Kier molecular flexibility index (Phi) is 5.20. The first-order valence-corrected chi connectivity index (χ1v) is 7.23. The zero-order chi connectivity index (χ0) is 14.4. The molecule has 0 aromatic heterocycles. The Labute approximate surface area is 120 Å². The molecule has 106 valence electrons. The summed E-state index contributed by atoms with van der Waals surface area (Å²) in [6.45, 7) is 3.61. The molecule has 2 rings (SSSR count). The minimum atomic E-state index is -0.165. The Balaban J connectivity index is 2.12. The summed E-state index contributed by atoms with van der Waals surface area (Å²) < 4.78 is 0. The lowest BCUT2D eigenvalue weighted by Crippen LogP contribution is -2.33. The van der Waals surface area contributed by atoms with E-state index in [1.807, 2.05) is 23.1 Å². The molecule has 0 atom stereocenters. The highest BCUT2D eigenvalue weighted by atomic mass is 16.2. The normalized spacial score (nSPS) is 13.5. The van der Waals surface area contributed by atoms with E-state index in [9.17, 15) is 4.79 Å². The van der Waals surface area contributed by atoms with Gasteiger partial charge >= 0.3 is 0 Å². The molecule has 0 heterocycles. The summed E-state index contributed by atoms with van der Waals surface area (Å²) in [5.41, 5.74) is 1.46. The number of carbonyl (C=O) groups excluding carboxylic acids is 1. The van der Waals surface area contributed by atoms with Gasteiger partial charge in [-0.25, -0.2) is 0 Å². The van der Waals surface area contributed by atoms with Crippen LogP contribution in [0.5, 0.6) is 0 Å². The third kappa shape index (κ3) is 4.11. The Morgan fingerprint density at radius 1 is 1.45 bits per heavy atom. The van der Waals surface area contributed by atoms with Gasteiger partial charge in [-0.15, -0.1) is 0 Å². The molecule has 3 nitrogen and oxygen atoms in total. The van der Waals surface area contributed by atoms with Gasteiger partial charge in [-0.05, 0) is 43.4 Å². The number of aliphatic hydroxyl groups excluding tert-OH is 1. The van der Waals surface area contributed by atoms with E-state index in [1.54, 1.807) is 6.07 Å². The summed E-state index contributed by atoms with van der Waals surface area (Å²) in [5.74, 6) is 6.24. The predicted molar refractivity (Wildman–Crippen MR) is 79.3 cm³/mol. The van der Waals surface area contributed by atoms with Gasteiger partial charge in [-0.2, -0.15) is 0 Å². The highest BCUT2D eigenvalue weighted by Crippen LogP contribution is 2.30. The largest absolute Gasteiger partial charge is 0.384 e. The van der Waals surface area contributed by atoms with Gasteiger partial charge in [0, 0.05) is 24.2 Å². The number of hydrogen-bond donors (Lipinski definition) is 1. The highest BCUT2D eigenvalue weighted by Gasteiger charge is 2.26. The Morgan fingerprint density at radius 2 is 2.25 bits per heavy atom. The van der Waals surface area contributed by atoms with Gasteiger partial charge in [-0.1, -0.05) is 24.8 Å². The fourth-order valence-corrected chi connectivity index (χ4v) is 2.21. The molecular weight excluding hydrogens is 250 g/mol. The molecule has 0 unspecified atom stereocenters. The summed E-state index contributed by atoms with van der Waals surface area (Å²) in [6.07, 6.45) is 3.47. The van der Waals surface area contributed by atoms with Gasteiger partial charge in [0.15, 0.2) is 0 Å². The summed E-state index contributed by atoms with van der Waals surface area (Å²) in [5, 5.41) is 8.72. The van der Waals surface area contributed by atoms with Crippen molar-refractivity contribution in [3.63, 3.8) is 0 Å². The van der Waals surface area contributed by atoms with Crippen molar-refractivity contribution in [2.24, 2.45) is 5.92 Å². The van der Waals surface area contributed by atoms with Crippen molar-refractivity contribution in [3.05, 3.63) is 35.4 Å². The molecular formula is C17H21NO2. The lowest BCUT2D eigenvalue weighted by Gasteiger charge is -2.22. The van der Waals surface area contributed by atoms with Crippen molar-refractivity contribution >= 4 is 5.91 Å². The molecule has 1 saturated carbocycles. The van der Waals surface area contributed by atoms with E-state index in [-0.39, 0.29) is 12.5 Å². The fraction of sp³-hybridized carbons (Fsp3) is 0.471. The molecule has 1 aromatic carbocycles. The fourth-order valence-electron chi connectivity index (χ4n) is 2.21. The maximum absolute atomic E-state index is 12.6. The Hall–Kier alpha value is -1.79. The van der Waals surface area contributed by atoms with Gasteiger partial charge in [0.1, 0.15) is 6.61 Å². The van der Waals surface area contributed by atoms with Gasteiger partial charge < -0.3 is 10.0 Å². The van der Waals surface area contributed by atoms with Crippen molar-refractivity contribution < 1.29 is 9.90 Å². The monoisotopic (exact) mass is 271 g/mol. The topological polar surface area (TPSA) is 40.5 Å². The van der Waals surface area contributed by atoms with Crippen LogP contribution in [-0.4, -0.2) is 35.6 Å². The maximum Gasteiger partial charge on any atom is 0.253 e. The molecule has 1 aliphatic carbocycles. The van der Waals surface area contributed by atoms with E-state index >= 15 is 0 Å². The van der Waals surface area contributed by atoms with Crippen LogP contribution in [0.2, 0.25) is 0 Å². The summed E-state index contributed by atoms with van der Waals surface area (Å²) in [6, 6.07) is 7.34. The van der Waals surface area contributed by atoms with Crippen LogP contribution in [0.15, 0.2) is 24.3 Å². The second kappa shape index (κ2) is 7.12. The zero-order valence-electron chi connectivity index (χ0n) is 11.9. The number of carbonyl (C=O) groups is 1. The minimum Gasteiger partial charge on any atom is -0.384 e. The van der Waals surface area contributed by atoms with Crippen LogP contribution < -0.4 is 0 Å². The van der Waals surface area contributed by atoms with Crippen LogP contribution in [0.1, 0.15) is 42.1 Å². The number of hydrogen-bond acceptors (Lipinski definition) is 2. The molecule has 1 aromatic rings. The maximum atomic E-state index is 12.6. The average molecular weight is 271 g/mol. The van der Waals surface area contributed by atoms with Crippen LogP contribution in [0.25, 0.3) is 0 Å². The number of amides is 1. The molecule has 1 aliphatic rings. The second-order valence-electron chi connectivity index (χ2n) is 5.24. The molecule has 0 saturated heterocycles. The molecule has 1 fully saturated rings. The van der Waals surface area contributed by atoms with Crippen LogP contribution >= 0.6 is 0 Å². The quantitative estimate of drug-likeness (QED) is 0.835. The van der Waals surface area contributed by atoms with Gasteiger partial charge in [-0.3, -0.25) is 4.79 Å². The lowest BCUT2D eigenvalue weighted by atomic mass is 10.1. The summed E-state index contributed by atoms with van der Waals surface area (Å²) >= 11 is 0. The molecule has 3 heteroatoms. The van der Waals surface area contributed by atoms with Crippen molar-refractivity contribution in [1.82, 2.24) is 4.90 Å². The molecule has 20 heavy (non-hydrogen) atoms. The van der Waals surface area contributed by atoms with E-state index in [1.165, 1.54) is 12.8 Å². The summed E-state index contributed by atoms with van der Waals surface area (Å²) in [4.78, 5) is 14.5. The second-order valence-corrected chi connectivity index (χ2v) is 5.24. The molecule has 0 bridgehead atoms. The van der Waals surface area contributed by atoms with E-state index in [0.29, 0.717) is 11.5 Å². The third-order valence-corrected chi connectivity index (χ3v) is 3.38. The van der Waals surface area contributed by atoms with Crippen LogP contribution in [-0.2, 0) is 0 Å². The van der Waals surface area contributed by atoms with Crippen LogP contribution in [0.3, 0.4) is 0 Å². The van der Waals surface area contributed by atoms with Gasteiger partial charge in [0.05, 0.1) is 0 Å². The van der Waals surface area contributed by atoms with E-state index in [2.05, 4.69) is 18.8 Å². The van der Waals surface area contributed by atoms with Crippen LogP contribution in [0, 0.1) is 17.8 Å². The number of nitrogens with zero attached hydrogens (tertiary/aromatic N) is 1. The van der Waals surface area contributed by atoms with E-state index in [4.69, 9.17) is 5.11 Å². The van der Waals surface area contributed by atoms with Gasteiger partial charge in [0.2, 0.25) is 0 Å². The Bertz CT molecular complexity index is 523. The molecule has 1 amide bonds. The number of aliphatic hydroxyl groups is 1. The molecule has 1 N–H and O–H groups in total. The minimum absolute atomic E-state index is 0.0893. The first-order valence-electron chi connectivity index (χ1n) is 7.23. The first kappa shape index (κ1) is 14.6. The van der Waals surface area contributed by atoms with E-state index in [0.717, 1.165) is 25.1 Å². The van der Waals surface area contributed by atoms with Crippen molar-refractivity contribution in [1.29, 1.82) is 0 Å². The zero-order valence-corrected chi connectivity index (χ0v) is 11.9. The molecule has 0 aliphatic heterocycles. The van der Waals surface area contributed by atoms with Crippen molar-refractivity contribution in [2.75, 3.05) is 19.7 Å².